The van der Waals surface area contributed by atoms with Gasteiger partial charge in [-0.1, -0.05) is 26.7 Å². The van der Waals surface area contributed by atoms with Crippen LogP contribution >= 0.6 is 0 Å². The van der Waals surface area contributed by atoms with Gasteiger partial charge in [0.05, 0.1) is 36.3 Å². The van der Waals surface area contributed by atoms with Crippen molar-refractivity contribution in [3.63, 3.8) is 0 Å². The molecule has 3 aliphatic rings. The van der Waals surface area contributed by atoms with Gasteiger partial charge in [-0.15, -0.1) is 0 Å². The molecule has 7 aromatic rings. The number of benzene rings is 3. The molecule has 464 valence electrons. The van der Waals surface area contributed by atoms with E-state index in [0.717, 1.165) is 215 Å². The first-order chi connectivity index (χ1) is 41.1. The second kappa shape index (κ2) is 31.1. The molecule has 0 saturated carbocycles. The fraction of sp³-hybridized carbons (Fsp3) is 0.591. The van der Waals surface area contributed by atoms with Gasteiger partial charge >= 0.3 is 6.09 Å². The summed E-state index contributed by atoms with van der Waals surface area (Å²) < 4.78 is 26.6. The van der Waals surface area contributed by atoms with Crippen LogP contribution in [0.5, 0.6) is 11.5 Å². The number of aromatic nitrogens is 6. The summed E-state index contributed by atoms with van der Waals surface area (Å²) in [5.41, 5.74) is 15.2. The summed E-state index contributed by atoms with van der Waals surface area (Å²) in [6.45, 7) is 23.5. The van der Waals surface area contributed by atoms with E-state index in [1.54, 1.807) is 19.1 Å². The number of amides is 1. The number of rotatable bonds is 23. The Labute approximate surface area is 505 Å². The average Bonchev–Trinajstić information content (AvgIpc) is 1.99. The van der Waals surface area contributed by atoms with Gasteiger partial charge in [0.15, 0.2) is 11.6 Å². The summed E-state index contributed by atoms with van der Waals surface area (Å²) in [6.07, 6.45) is 13.1. The van der Waals surface area contributed by atoms with Crippen LogP contribution in [0.1, 0.15) is 116 Å². The minimum absolute atomic E-state index is 0.248. The molecule has 3 aliphatic heterocycles. The van der Waals surface area contributed by atoms with Crippen LogP contribution in [0.2, 0.25) is 0 Å². The van der Waals surface area contributed by atoms with Crippen LogP contribution in [-0.2, 0) is 41.9 Å². The number of nitrogens with zero attached hydrogens (tertiary/aromatic N) is 11. The number of nitrogens with one attached hydrogen (secondary N) is 2. The second-order valence-corrected chi connectivity index (χ2v) is 24.4. The van der Waals surface area contributed by atoms with Gasteiger partial charge in [-0.2, -0.15) is 0 Å². The first-order valence-electron chi connectivity index (χ1n) is 31.5. The van der Waals surface area contributed by atoms with E-state index < -0.39 is 5.60 Å². The Bertz CT molecular complexity index is 3230. The lowest BCUT2D eigenvalue weighted by molar-refractivity contribution is 0.0240. The Kier molecular flexibility index (Phi) is 23.6. The third kappa shape index (κ3) is 17.3. The molecule has 19 nitrogen and oxygen atoms in total. The molecule has 19 heteroatoms. The first-order valence-corrected chi connectivity index (χ1v) is 31.5. The normalized spacial score (nSPS) is 14.8. The second-order valence-electron chi connectivity index (χ2n) is 24.4. The molecule has 85 heavy (non-hydrogen) atoms. The number of anilines is 4. The van der Waals surface area contributed by atoms with E-state index >= 15 is 0 Å². The van der Waals surface area contributed by atoms with Crippen molar-refractivity contribution in [3.05, 3.63) is 71.8 Å². The highest BCUT2D eigenvalue weighted by Gasteiger charge is 2.28. The quantitative estimate of drug-likeness (QED) is 0.0514. The number of aryl methyl sites for hydroxylation is 4. The van der Waals surface area contributed by atoms with E-state index in [0.29, 0.717) is 25.5 Å². The van der Waals surface area contributed by atoms with Crippen LogP contribution in [0.15, 0.2) is 54.6 Å². The summed E-state index contributed by atoms with van der Waals surface area (Å²) in [7, 11) is 11.9. The minimum Gasteiger partial charge on any atom is -0.497 e. The summed E-state index contributed by atoms with van der Waals surface area (Å²) in [5, 5.41) is 9.33. The van der Waals surface area contributed by atoms with Crippen LogP contribution < -0.4 is 35.6 Å². The number of imidazole rings is 2. The maximum atomic E-state index is 12.7. The zero-order valence-corrected chi connectivity index (χ0v) is 53.3. The highest BCUT2D eigenvalue weighted by atomic mass is 16.6. The minimum atomic E-state index is -0.509. The molecule has 1 amide bonds. The molecule has 7 heterocycles. The number of fused-ring (bicyclic) bond motifs is 6. The Hall–Kier alpha value is -6.67. The van der Waals surface area contributed by atoms with Crippen molar-refractivity contribution in [2.45, 2.75) is 137 Å². The highest BCUT2D eigenvalue weighted by Crippen LogP contribution is 2.36. The molecular formula is C66H100N14O5. The standard InChI is InChI=1S/C38H55N7O4.C24H37N7.C4H8O/c1-9-10-13-33-41-34-35(45(33)19-12-11-18-42(5)6)30-24-28(43-20-22-44(23-21-43)37(46)49-38(2,3)4)15-17-31(30)40-36(34)39-26-27-14-16-29(47-7)25-32(27)48-8;1-4-5-8-21-28-22-23(31(21)14-7-6-13-29(2)3)19-17-18(30-15-11-26-12-16-30)9-10-20(19)27-24(22)25;1-2-4-5-3-1/h14-17,24-25H,9-13,18-23,26H2,1-8H3,(H,39,40);9-10,17,26H,4-8,11-16H2,1-3H3,(H2,25,27);1-4H2. The number of hydrogen-bond acceptors (Lipinski definition) is 16. The largest absolute Gasteiger partial charge is 0.497 e. The van der Waals surface area contributed by atoms with Crippen LogP contribution in [0.3, 0.4) is 0 Å². The monoisotopic (exact) mass is 1170 g/mol. The van der Waals surface area contributed by atoms with Gasteiger partial charge in [0.1, 0.15) is 39.8 Å². The molecule has 0 bridgehead atoms. The van der Waals surface area contributed by atoms with Gasteiger partial charge in [-0.25, -0.2) is 24.7 Å². The van der Waals surface area contributed by atoms with Gasteiger partial charge in [-0.05, 0) is 162 Å². The topological polar surface area (TPSA) is 182 Å². The maximum absolute atomic E-state index is 12.7. The number of nitrogen functional groups attached to an aromatic ring is 1. The van der Waals surface area contributed by atoms with E-state index in [-0.39, 0.29) is 6.09 Å². The molecule has 3 aromatic carbocycles. The molecule has 3 saturated heterocycles. The van der Waals surface area contributed by atoms with Gasteiger partial charge in [0.25, 0.3) is 0 Å². The predicted octanol–water partition coefficient (Wildman–Crippen LogP) is 11.0. The fourth-order valence-corrected chi connectivity index (χ4v) is 11.4. The van der Waals surface area contributed by atoms with Crippen molar-refractivity contribution in [1.29, 1.82) is 0 Å². The van der Waals surface area contributed by atoms with Crippen molar-refractivity contribution in [2.75, 3.05) is 142 Å². The molecule has 3 fully saturated rings. The van der Waals surface area contributed by atoms with E-state index in [4.69, 9.17) is 44.6 Å². The Morgan fingerprint density at radius 2 is 1.22 bits per heavy atom. The number of carbonyl (C=O) groups excluding carboxylic acids is 1. The molecule has 4 N–H and O–H groups in total. The lowest BCUT2D eigenvalue weighted by atomic mass is 10.1. The van der Waals surface area contributed by atoms with Crippen molar-refractivity contribution in [3.8, 4) is 11.5 Å². The smallest absolute Gasteiger partial charge is 0.410 e. The Balaban J connectivity index is 0.000000221. The molecule has 0 atom stereocenters. The van der Waals surface area contributed by atoms with E-state index in [1.807, 2.05) is 39.0 Å². The lowest BCUT2D eigenvalue weighted by Crippen LogP contribution is -2.50. The van der Waals surface area contributed by atoms with E-state index in [2.05, 4.69) is 118 Å². The SMILES string of the molecule is C1CCOC1.CCCCc1nc2c(N)nc3ccc(N4CCNCC4)cc3c2n1CCCCN(C)C.CCCCc1nc2c(NCc3ccc(OC)cc3OC)nc3ccc(N4CCN(C(=O)OC(C)(C)C)CC4)cc3c2n1CCCCN(C)C. The summed E-state index contributed by atoms with van der Waals surface area (Å²) >= 11 is 0. The molecule has 0 radical (unpaired) electrons. The van der Waals surface area contributed by atoms with Gasteiger partial charge in [0, 0.05) is 132 Å². The molecule has 0 unspecified atom stereocenters. The molecule has 10 rings (SSSR count). The Morgan fingerprint density at radius 3 is 1.74 bits per heavy atom. The zero-order valence-electron chi connectivity index (χ0n) is 53.3. The van der Waals surface area contributed by atoms with Gasteiger partial charge in [-0.3, -0.25) is 0 Å². The first kappa shape index (κ1) is 64.3. The van der Waals surface area contributed by atoms with E-state index in [1.165, 1.54) is 30.3 Å². The van der Waals surface area contributed by atoms with Crippen molar-refractivity contribution < 1.29 is 23.7 Å². The van der Waals surface area contributed by atoms with Gasteiger partial charge in [0.2, 0.25) is 0 Å². The number of ether oxygens (including phenoxy) is 4. The van der Waals surface area contributed by atoms with Crippen LogP contribution in [0, 0.1) is 0 Å². The van der Waals surface area contributed by atoms with Crippen molar-refractivity contribution >= 4 is 73.0 Å². The molecule has 0 spiro atoms. The molecule has 0 aliphatic carbocycles. The fourth-order valence-electron chi connectivity index (χ4n) is 11.4. The van der Waals surface area contributed by atoms with Crippen LogP contribution in [0.25, 0.3) is 43.9 Å². The zero-order chi connectivity index (χ0) is 60.5. The van der Waals surface area contributed by atoms with Crippen LogP contribution in [0.4, 0.5) is 27.8 Å². The number of piperazine rings is 2. The maximum Gasteiger partial charge on any atom is 0.410 e. The number of methoxy groups -OCH3 is 2. The number of pyridine rings is 2. The number of hydrogen-bond donors (Lipinski definition) is 3. The van der Waals surface area contributed by atoms with Crippen molar-refractivity contribution in [2.24, 2.45) is 0 Å². The highest BCUT2D eigenvalue weighted by molar-refractivity contribution is 6.09. The molecular weight excluding hydrogens is 1070 g/mol. The summed E-state index contributed by atoms with van der Waals surface area (Å²) in [4.78, 5) is 44.0. The average molecular weight is 1170 g/mol. The van der Waals surface area contributed by atoms with E-state index in [9.17, 15) is 4.79 Å². The number of carbonyl (C=O) groups is 1. The Morgan fingerprint density at radius 1 is 0.671 bits per heavy atom. The summed E-state index contributed by atoms with van der Waals surface area (Å²) in [5.74, 6) is 5.08. The van der Waals surface area contributed by atoms with Gasteiger partial charge < -0.3 is 68.9 Å². The molecule has 4 aromatic heterocycles. The number of unbranched alkanes of at least 4 members (excludes halogenated alkanes) is 4. The predicted molar refractivity (Wildman–Crippen MR) is 349 cm³/mol. The summed E-state index contributed by atoms with van der Waals surface area (Å²) in [6, 6.07) is 19.0. The van der Waals surface area contributed by atoms with Crippen LogP contribution in [-0.4, -0.2) is 177 Å². The van der Waals surface area contributed by atoms with Crippen molar-refractivity contribution in [1.82, 2.24) is 49.1 Å². The lowest BCUT2D eigenvalue weighted by Gasteiger charge is -2.36. The number of nitrogens with two attached hydrogens (primary N) is 1. The third-order valence-electron chi connectivity index (χ3n) is 16.0. The third-order valence-corrected chi connectivity index (χ3v) is 16.0.